The van der Waals surface area contributed by atoms with Crippen molar-refractivity contribution in [1.29, 1.82) is 0 Å². The van der Waals surface area contributed by atoms with Crippen LogP contribution >= 0.6 is 11.8 Å². The van der Waals surface area contributed by atoms with Crippen LogP contribution in [0.4, 0.5) is 0 Å². The van der Waals surface area contributed by atoms with Gasteiger partial charge in [-0.05, 0) is 18.7 Å². The van der Waals surface area contributed by atoms with Gasteiger partial charge in [0.05, 0.1) is 0 Å². The molecule has 0 spiro atoms. The highest BCUT2D eigenvalue weighted by molar-refractivity contribution is 8.13. The first kappa shape index (κ1) is 13.6. The van der Waals surface area contributed by atoms with Crippen molar-refractivity contribution in [3.05, 3.63) is 35.4 Å². The van der Waals surface area contributed by atoms with Gasteiger partial charge >= 0.3 is 5.97 Å². The highest BCUT2D eigenvalue weighted by Gasteiger charge is 2.39. The van der Waals surface area contributed by atoms with Gasteiger partial charge in [0.15, 0.2) is 11.1 Å². The summed E-state index contributed by atoms with van der Waals surface area (Å²) in [5.74, 6) is -2.86. The van der Waals surface area contributed by atoms with Gasteiger partial charge in [-0.25, -0.2) is 0 Å². The number of nitrogens with zero attached hydrogens (tertiary/aromatic N) is 1. The Kier molecular flexibility index (Phi) is 3.90. The molecule has 0 saturated carbocycles. The second-order valence-electron chi connectivity index (χ2n) is 4.30. The Morgan fingerprint density at radius 1 is 1.37 bits per heavy atom. The maximum Gasteiger partial charge on any atom is 0.318 e. The quantitative estimate of drug-likeness (QED) is 0.805. The lowest BCUT2D eigenvalue weighted by atomic mass is 9.91. The Bertz CT molecular complexity index is 539. The number of nitrogens with one attached hydrogen (secondary N) is 1. The van der Waals surface area contributed by atoms with Gasteiger partial charge in [0, 0.05) is 0 Å². The van der Waals surface area contributed by atoms with Gasteiger partial charge in [0.1, 0.15) is 6.04 Å². The van der Waals surface area contributed by atoms with Gasteiger partial charge in [-0.1, -0.05) is 41.6 Å². The smallest absolute Gasteiger partial charge is 0.318 e. The summed E-state index contributed by atoms with van der Waals surface area (Å²) in [7, 11) is 0. The van der Waals surface area contributed by atoms with Gasteiger partial charge in [-0.2, -0.15) is 0 Å². The van der Waals surface area contributed by atoms with E-state index in [4.69, 9.17) is 0 Å². The SMILES string of the molecule is CSC1=NC(c2ccc(C)cc2)C(C(=O)O)C(=O)N1. The van der Waals surface area contributed by atoms with Crippen LogP contribution in [0.3, 0.4) is 0 Å². The van der Waals surface area contributed by atoms with E-state index in [9.17, 15) is 14.7 Å². The average Bonchev–Trinajstić information content (AvgIpc) is 2.38. The number of aryl methyl sites for hydroxylation is 1. The number of carboxylic acids is 1. The Morgan fingerprint density at radius 2 is 2.00 bits per heavy atom. The summed E-state index contributed by atoms with van der Waals surface area (Å²) in [6, 6.07) is 6.73. The molecule has 100 valence electrons. The molecule has 1 aliphatic heterocycles. The largest absolute Gasteiger partial charge is 0.481 e. The van der Waals surface area contributed by atoms with Crippen LogP contribution in [0, 0.1) is 12.8 Å². The Balaban J connectivity index is 2.44. The average molecular weight is 278 g/mol. The van der Waals surface area contributed by atoms with Crippen molar-refractivity contribution in [2.75, 3.05) is 6.26 Å². The number of carbonyl (C=O) groups excluding carboxylic acids is 1. The molecule has 1 heterocycles. The van der Waals surface area contributed by atoms with Crippen LogP contribution in [0.25, 0.3) is 0 Å². The van der Waals surface area contributed by atoms with E-state index < -0.39 is 23.8 Å². The summed E-state index contributed by atoms with van der Waals surface area (Å²) in [5, 5.41) is 12.2. The molecule has 1 aromatic carbocycles. The number of carbonyl (C=O) groups is 2. The van der Waals surface area contributed by atoms with Crippen molar-refractivity contribution in [1.82, 2.24) is 5.32 Å². The molecular formula is C13H14N2O3S. The predicted octanol–water partition coefficient (Wildman–Crippen LogP) is 1.59. The zero-order valence-electron chi connectivity index (χ0n) is 10.6. The molecule has 1 aliphatic rings. The molecule has 0 radical (unpaired) electrons. The number of aliphatic carboxylic acids is 1. The molecule has 0 bridgehead atoms. The number of amides is 1. The summed E-state index contributed by atoms with van der Waals surface area (Å²) >= 11 is 1.29. The van der Waals surface area contributed by atoms with Crippen molar-refractivity contribution in [3.63, 3.8) is 0 Å². The number of hydrogen-bond donors (Lipinski definition) is 2. The van der Waals surface area contributed by atoms with Crippen molar-refractivity contribution in [3.8, 4) is 0 Å². The standard InChI is InChI=1S/C13H14N2O3S/c1-7-3-5-8(6-4-7)10-9(12(17)18)11(16)15-13(14-10)19-2/h3-6,9-10H,1-2H3,(H,17,18)(H,14,15,16). The zero-order chi connectivity index (χ0) is 14.0. The number of aliphatic imine (C=N–C) groups is 1. The van der Waals surface area contributed by atoms with Gasteiger partial charge in [0.25, 0.3) is 0 Å². The minimum Gasteiger partial charge on any atom is -0.481 e. The Morgan fingerprint density at radius 3 is 2.53 bits per heavy atom. The van der Waals surface area contributed by atoms with E-state index in [1.54, 1.807) is 6.26 Å². The first-order chi connectivity index (χ1) is 9.02. The number of benzene rings is 1. The lowest BCUT2D eigenvalue weighted by Crippen LogP contribution is -2.44. The first-order valence-corrected chi connectivity index (χ1v) is 6.97. The number of amidine groups is 1. The lowest BCUT2D eigenvalue weighted by molar-refractivity contribution is -0.147. The minimum absolute atomic E-state index is 0.452. The fourth-order valence-electron chi connectivity index (χ4n) is 1.94. The fourth-order valence-corrected chi connectivity index (χ4v) is 2.36. The summed E-state index contributed by atoms with van der Waals surface area (Å²) in [4.78, 5) is 27.5. The molecule has 0 aromatic heterocycles. The molecule has 2 N–H and O–H groups in total. The maximum atomic E-state index is 11.9. The van der Waals surface area contributed by atoms with Crippen molar-refractivity contribution in [2.24, 2.45) is 10.9 Å². The highest BCUT2D eigenvalue weighted by Crippen LogP contribution is 2.30. The molecule has 5 nitrogen and oxygen atoms in total. The van der Waals surface area contributed by atoms with E-state index in [2.05, 4.69) is 10.3 Å². The molecule has 2 rings (SSSR count). The first-order valence-electron chi connectivity index (χ1n) is 5.75. The van der Waals surface area contributed by atoms with Crippen LogP contribution in [0.5, 0.6) is 0 Å². The summed E-state index contributed by atoms with van der Waals surface area (Å²) in [6.07, 6.45) is 1.78. The zero-order valence-corrected chi connectivity index (χ0v) is 11.4. The topological polar surface area (TPSA) is 78.8 Å². The highest BCUT2D eigenvalue weighted by atomic mass is 32.2. The number of thioether (sulfide) groups is 1. The molecular weight excluding hydrogens is 264 g/mol. The molecule has 2 atom stereocenters. The van der Waals surface area contributed by atoms with Crippen LogP contribution in [0.2, 0.25) is 0 Å². The molecule has 1 aromatic rings. The summed E-state index contributed by atoms with van der Waals surface area (Å²) < 4.78 is 0. The van der Waals surface area contributed by atoms with Crippen LogP contribution in [0.15, 0.2) is 29.3 Å². The number of hydrogen-bond acceptors (Lipinski definition) is 4. The van der Waals surface area contributed by atoms with Crippen molar-refractivity contribution >= 4 is 28.8 Å². The Hall–Kier alpha value is -1.82. The Labute approximate surface area is 115 Å². The minimum atomic E-state index is -1.18. The second kappa shape index (κ2) is 5.44. The molecule has 1 amide bonds. The maximum absolute atomic E-state index is 11.9. The third kappa shape index (κ3) is 2.78. The van der Waals surface area contributed by atoms with E-state index in [1.165, 1.54) is 11.8 Å². The van der Waals surface area contributed by atoms with E-state index >= 15 is 0 Å². The monoisotopic (exact) mass is 278 g/mol. The van der Waals surface area contributed by atoms with Crippen LogP contribution < -0.4 is 5.32 Å². The van der Waals surface area contributed by atoms with Gasteiger partial charge in [-0.3, -0.25) is 14.6 Å². The molecule has 6 heteroatoms. The van der Waals surface area contributed by atoms with Gasteiger partial charge in [0.2, 0.25) is 5.91 Å². The van der Waals surface area contributed by atoms with Gasteiger partial charge in [-0.15, -0.1) is 0 Å². The molecule has 0 saturated heterocycles. The van der Waals surface area contributed by atoms with Crippen LogP contribution in [0.1, 0.15) is 17.2 Å². The van der Waals surface area contributed by atoms with Crippen molar-refractivity contribution < 1.29 is 14.7 Å². The summed E-state index contributed by atoms with van der Waals surface area (Å²) in [6.45, 7) is 1.95. The van der Waals surface area contributed by atoms with Crippen molar-refractivity contribution in [2.45, 2.75) is 13.0 Å². The number of carboxylic acid groups (broad SMARTS) is 1. The lowest BCUT2D eigenvalue weighted by Gasteiger charge is -2.26. The van der Waals surface area contributed by atoms with Crippen LogP contribution in [-0.2, 0) is 9.59 Å². The van der Waals surface area contributed by atoms with E-state index in [0.29, 0.717) is 5.17 Å². The normalized spacial score (nSPS) is 22.6. The molecule has 0 aliphatic carbocycles. The third-order valence-electron chi connectivity index (χ3n) is 2.96. The van der Waals surface area contributed by atoms with Crippen LogP contribution in [-0.4, -0.2) is 28.4 Å². The molecule has 0 fully saturated rings. The van der Waals surface area contributed by atoms with E-state index in [0.717, 1.165) is 11.1 Å². The molecule has 2 unspecified atom stereocenters. The third-order valence-corrected chi connectivity index (χ3v) is 3.56. The predicted molar refractivity (Wildman–Crippen MR) is 74.1 cm³/mol. The summed E-state index contributed by atoms with van der Waals surface area (Å²) in [5.41, 5.74) is 1.81. The molecule has 19 heavy (non-hydrogen) atoms. The van der Waals surface area contributed by atoms with Gasteiger partial charge < -0.3 is 10.4 Å². The van der Waals surface area contributed by atoms with E-state index in [-0.39, 0.29) is 0 Å². The fraction of sp³-hybridized carbons (Fsp3) is 0.308. The number of rotatable bonds is 2. The van der Waals surface area contributed by atoms with E-state index in [1.807, 2.05) is 31.2 Å². The second-order valence-corrected chi connectivity index (χ2v) is 5.09.